The number of likely N-dealkylation sites (tertiary alicyclic amines) is 2. The summed E-state index contributed by atoms with van der Waals surface area (Å²) < 4.78 is 0. The Bertz CT molecular complexity index is 266. The molecule has 2 amide bonds. The molecule has 2 aliphatic rings. The molecule has 2 aliphatic heterocycles. The quantitative estimate of drug-likeness (QED) is 0.834. The maximum Gasteiger partial charge on any atom is 0.317 e. The molecule has 0 aliphatic carbocycles. The molecule has 4 nitrogen and oxygen atoms in total. The van der Waals surface area contributed by atoms with Crippen molar-refractivity contribution in [1.29, 1.82) is 0 Å². The zero-order chi connectivity index (χ0) is 13.0. The van der Waals surface area contributed by atoms with Gasteiger partial charge >= 0.3 is 6.03 Å². The van der Waals surface area contributed by atoms with Gasteiger partial charge in [0.15, 0.2) is 0 Å². The Kier molecular flexibility index (Phi) is 4.87. The molecule has 104 valence electrons. The van der Waals surface area contributed by atoms with Crippen LogP contribution in [-0.2, 0) is 0 Å². The molecule has 2 saturated heterocycles. The lowest BCUT2D eigenvalue weighted by atomic mass is 10.0. The number of rotatable bonds is 3. The number of carbonyl (C=O) groups is 1. The highest BCUT2D eigenvalue weighted by Gasteiger charge is 2.24. The Morgan fingerprint density at radius 2 is 1.78 bits per heavy atom. The van der Waals surface area contributed by atoms with Crippen LogP contribution in [0.25, 0.3) is 0 Å². The Balaban J connectivity index is 1.68. The van der Waals surface area contributed by atoms with Crippen LogP contribution < -0.4 is 5.32 Å². The lowest BCUT2D eigenvalue weighted by Gasteiger charge is -2.34. The highest BCUT2D eigenvalue weighted by molar-refractivity contribution is 5.74. The van der Waals surface area contributed by atoms with E-state index < -0.39 is 0 Å². The largest absolute Gasteiger partial charge is 0.335 e. The fraction of sp³-hybridized carbons (Fsp3) is 0.929. The number of nitrogens with one attached hydrogen (secondary N) is 1. The minimum Gasteiger partial charge on any atom is -0.335 e. The maximum atomic E-state index is 12.0. The average Bonchev–Trinajstić information content (AvgIpc) is 2.84. The van der Waals surface area contributed by atoms with E-state index in [1.807, 2.05) is 4.90 Å². The molecule has 1 N–H and O–H groups in total. The molecule has 0 spiro atoms. The fourth-order valence-corrected chi connectivity index (χ4v) is 2.96. The van der Waals surface area contributed by atoms with Crippen LogP contribution >= 0.6 is 0 Å². The van der Waals surface area contributed by atoms with Crippen LogP contribution in [0.1, 0.15) is 39.5 Å². The second kappa shape index (κ2) is 6.41. The third kappa shape index (κ3) is 3.87. The third-order valence-corrected chi connectivity index (χ3v) is 3.93. The first-order chi connectivity index (χ1) is 8.65. The minimum absolute atomic E-state index is 0.162. The molecule has 0 atom stereocenters. The van der Waals surface area contributed by atoms with Crippen LogP contribution in [0.15, 0.2) is 0 Å². The second-order valence-electron chi connectivity index (χ2n) is 6.11. The van der Waals surface area contributed by atoms with E-state index in [9.17, 15) is 4.79 Å². The molecular formula is C14H27N3O. The summed E-state index contributed by atoms with van der Waals surface area (Å²) in [5, 5.41) is 3.19. The van der Waals surface area contributed by atoms with E-state index in [4.69, 9.17) is 0 Å². The van der Waals surface area contributed by atoms with Gasteiger partial charge in [-0.25, -0.2) is 4.79 Å². The molecule has 0 aromatic rings. The molecule has 0 unspecified atom stereocenters. The molecule has 0 radical (unpaired) electrons. The van der Waals surface area contributed by atoms with Crippen LogP contribution in [0, 0.1) is 5.92 Å². The van der Waals surface area contributed by atoms with Gasteiger partial charge in [0.25, 0.3) is 0 Å². The van der Waals surface area contributed by atoms with Crippen LogP contribution in [0.2, 0.25) is 0 Å². The predicted molar refractivity (Wildman–Crippen MR) is 73.6 cm³/mol. The summed E-state index contributed by atoms with van der Waals surface area (Å²) >= 11 is 0. The van der Waals surface area contributed by atoms with Crippen molar-refractivity contribution in [1.82, 2.24) is 15.1 Å². The number of piperidine rings is 1. The van der Waals surface area contributed by atoms with Gasteiger partial charge in [-0.05, 0) is 31.6 Å². The van der Waals surface area contributed by atoms with E-state index in [1.165, 1.54) is 19.4 Å². The lowest BCUT2D eigenvalue weighted by Crippen LogP contribution is -2.49. The summed E-state index contributed by atoms with van der Waals surface area (Å²) in [4.78, 5) is 16.4. The van der Waals surface area contributed by atoms with Crippen molar-refractivity contribution in [2.75, 3.05) is 32.7 Å². The SMILES string of the molecule is CC(C)CN1CCC(NC(=O)N2CCCC2)CC1. The Hall–Kier alpha value is -0.770. The van der Waals surface area contributed by atoms with E-state index in [1.54, 1.807) is 0 Å². The van der Waals surface area contributed by atoms with Gasteiger partial charge in [0, 0.05) is 38.8 Å². The predicted octanol–water partition coefficient (Wildman–Crippen LogP) is 1.91. The van der Waals surface area contributed by atoms with Crippen LogP contribution in [0.4, 0.5) is 4.79 Å². The van der Waals surface area contributed by atoms with Crippen molar-refractivity contribution in [3.05, 3.63) is 0 Å². The van der Waals surface area contributed by atoms with Crippen molar-refractivity contribution in [2.45, 2.75) is 45.6 Å². The Labute approximate surface area is 111 Å². The van der Waals surface area contributed by atoms with E-state index in [-0.39, 0.29) is 6.03 Å². The molecule has 2 rings (SSSR count). The van der Waals surface area contributed by atoms with Crippen LogP contribution in [0.3, 0.4) is 0 Å². The second-order valence-corrected chi connectivity index (χ2v) is 6.11. The molecule has 0 bridgehead atoms. The van der Waals surface area contributed by atoms with E-state index in [0.29, 0.717) is 6.04 Å². The zero-order valence-electron chi connectivity index (χ0n) is 11.8. The van der Waals surface area contributed by atoms with Crippen molar-refractivity contribution < 1.29 is 4.79 Å². The molecule has 4 heteroatoms. The van der Waals surface area contributed by atoms with E-state index in [2.05, 4.69) is 24.1 Å². The topological polar surface area (TPSA) is 35.6 Å². The standard InChI is InChI=1S/C14H27N3O/c1-12(2)11-16-9-5-13(6-10-16)15-14(18)17-7-3-4-8-17/h12-13H,3-11H2,1-2H3,(H,15,18). The van der Waals surface area contributed by atoms with Crippen molar-refractivity contribution in [2.24, 2.45) is 5.92 Å². The molecule has 18 heavy (non-hydrogen) atoms. The van der Waals surface area contributed by atoms with Gasteiger partial charge in [-0.15, -0.1) is 0 Å². The van der Waals surface area contributed by atoms with Gasteiger partial charge in [0.1, 0.15) is 0 Å². The first-order valence-corrected chi connectivity index (χ1v) is 7.43. The lowest BCUT2D eigenvalue weighted by molar-refractivity contribution is 0.168. The fourth-order valence-electron chi connectivity index (χ4n) is 2.96. The van der Waals surface area contributed by atoms with Crippen molar-refractivity contribution in [3.8, 4) is 0 Å². The summed E-state index contributed by atoms with van der Waals surface area (Å²) in [6, 6.07) is 0.552. The van der Waals surface area contributed by atoms with E-state index >= 15 is 0 Å². The van der Waals surface area contributed by atoms with Gasteiger partial charge in [-0.2, -0.15) is 0 Å². The summed E-state index contributed by atoms with van der Waals surface area (Å²) in [6.07, 6.45) is 4.54. The van der Waals surface area contributed by atoms with Crippen molar-refractivity contribution >= 4 is 6.03 Å². The van der Waals surface area contributed by atoms with Crippen LogP contribution in [-0.4, -0.2) is 54.6 Å². The number of amides is 2. The number of urea groups is 1. The first-order valence-electron chi connectivity index (χ1n) is 7.43. The summed E-state index contributed by atoms with van der Waals surface area (Å²) in [5.74, 6) is 0.737. The smallest absolute Gasteiger partial charge is 0.317 e. The highest BCUT2D eigenvalue weighted by Crippen LogP contribution is 2.13. The molecule has 0 aromatic carbocycles. The summed E-state index contributed by atoms with van der Waals surface area (Å²) in [7, 11) is 0. The monoisotopic (exact) mass is 253 g/mol. The maximum absolute atomic E-state index is 12.0. The summed E-state index contributed by atoms with van der Waals surface area (Å²) in [5.41, 5.74) is 0. The van der Waals surface area contributed by atoms with Gasteiger partial charge in [0.05, 0.1) is 0 Å². The first kappa shape index (κ1) is 13.7. The number of carbonyl (C=O) groups excluding carboxylic acids is 1. The van der Waals surface area contributed by atoms with Gasteiger partial charge in [-0.3, -0.25) is 0 Å². The van der Waals surface area contributed by atoms with Crippen molar-refractivity contribution in [3.63, 3.8) is 0 Å². The highest BCUT2D eigenvalue weighted by atomic mass is 16.2. The van der Waals surface area contributed by atoms with E-state index in [0.717, 1.165) is 44.9 Å². The Morgan fingerprint density at radius 1 is 1.17 bits per heavy atom. The molecule has 0 aromatic heterocycles. The van der Waals surface area contributed by atoms with Gasteiger partial charge in [0.2, 0.25) is 0 Å². The Morgan fingerprint density at radius 3 is 2.33 bits per heavy atom. The zero-order valence-corrected chi connectivity index (χ0v) is 11.8. The average molecular weight is 253 g/mol. The number of hydrogen-bond donors (Lipinski definition) is 1. The molecule has 0 saturated carbocycles. The van der Waals surface area contributed by atoms with Gasteiger partial charge < -0.3 is 15.1 Å². The number of hydrogen-bond acceptors (Lipinski definition) is 2. The minimum atomic E-state index is 0.162. The molecule has 2 fully saturated rings. The normalized spacial score (nSPS) is 22.7. The number of nitrogens with zero attached hydrogens (tertiary/aromatic N) is 2. The molecule has 2 heterocycles. The van der Waals surface area contributed by atoms with Crippen LogP contribution in [0.5, 0.6) is 0 Å². The summed E-state index contributed by atoms with van der Waals surface area (Å²) in [6.45, 7) is 9.86. The van der Waals surface area contributed by atoms with Gasteiger partial charge in [-0.1, -0.05) is 13.8 Å². The third-order valence-electron chi connectivity index (χ3n) is 3.93. The molecular weight excluding hydrogens is 226 g/mol.